The van der Waals surface area contributed by atoms with Gasteiger partial charge >= 0.3 is 0 Å². The van der Waals surface area contributed by atoms with Crippen LogP contribution in [-0.2, 0) is 0 Å². The minimum absolute atomic E-state index is 0.0518. The molecule has 0 saturated carbocycles. The fourth-order valence-electron chi connectivity index (χ4n) is 3.38. The Morgan fingerprint density at radius 1 is 1.07 bits per heavy atom. The Labute approximate surface area is 164 Å². The molecule has 0 aliphatic carbocycles. The number of carbonyl (C=O) groups excluding carboxylic acids is 1. The second kappa shape index (κ2) is 7.96. The number of carbonyl (C=O) groups is 1. The van der Waals surface area contributed by atoms with Gasteiger partial charge in [0.15, 0.2) is 11.5 Å². The summed E-state index contributed by atoms with van der Waals surface area (Å²) in [6, 6.07) is 8.92. The van der Waals surface area contributed by atoms with E-state index < -0.39 is 6.17 Å². The van der Waals surface area contributed by atoms with E-state index in [0.29, 0.717) is 40.1 Å². The van der Waals surface area contributed by atoms with Gasteiger partial charge < -0.3 is 24.4 Å². The third-order valence-corrected chi connectivity index (χ3v) is 4.81. The lowest BCUT2D eigenvalue weighted by atomic mass is 10.0. The zero-order chi connectivity index (χ0) is 19.6. The summed E-state index contributed by atoms with van der Waals surface area (Å²) < 4.78 is 16.5. The standard InChI is InChI=1S/C20H23ClN2O4/c1-5-10-23-19(22-15-11-12(21)6-7-13(15)20(23)24)14-8-9-16(25-2)18(27-4)17(14)26-3/h6-9,11,19,22H,5,10H2,1-4H3. The largest absolute Gasteiger partial charge is 0.493 e. The van der Waals surface area contributed by atoms with E-state index in [4.69, 9.17) is 25.8 Å². The number of fused-ring (bicyclic) bond motifs is 1. The van der Waals surface area contributed by atoms with Crippen molar-refractivity contribution in [2.75, 3.05) is 33.2 Å². The molecule has 0 spiro atoms. The average molecular weight is 391 g/mol. The fraction of sp³-hybridized carbons (Fsp3) is 0.350. The fourth-order valence-corrected chi connectivity index (χ4v) is 3.55. The van der Waals surface area contributed by atoms with Crippen molar-refractivity contribution in [2.24, 2.45) is 0 Å². The molecule has 0 radical (unpaired) electrons. The molecule has 0 bridgehead atoms. The normalized spacial score (nSPS) is 15.8. The quantitative estimate of drug-likeness (QED) is 0.794. The Bertz CT molecular complexity index is 856. The average Bonchev–Trinajstić information content (AvgIpc) is 2.68. The van der Waals surface area contributed by atoms with E-state index in [0.717, 1.165) is 12.0 Å². The summed E-state index contributed by atoms with van der Waals surface area (Å²) in [5, 5.41) is 3.99. The maximum atomic E-state index is 13.1. The number of nitrogens with zero attached hydrogens (tertiary/aromatic N) is 1. The van der Waals surface area contributed by atoms with Crippen molar-refractivity contribution in [1.82, 2.24) is 4.90 Å². The zero-order valence-corrected chi connectivity index (χ0v) is 16.6. The lowest BCUT2D eigenvalue weighted by Gasteiger charge is -2.38. The molecule has 0 aromatic heterocycles. The maximum absolute atomic E-state index is 13.1. The molecule has 2 aromatic rings. The Morgan fingerprint density at radius 3 is 2.44 bits per heavy atom. The molecule has 1 heterocycles. The van der Waals surface area contributed by atoms with Gasteiger partial charge in [-0.3, -0.25) is 4.79 Å². The smallest absolute Gasteiger partial charge is 0.257 e. The molecule has 1 atom stereocenters. The predicted molar refractivity (Wildman–Crippen MR) is 105 cm³/mol. The van der Waals surface area contributed by atoms with Crippen molar-refractivity contribution in [2.45, 2.75) is 19.5 Å². The Morgan fingerprint density at radius 2 is 1.81 bits per heavy atom. The molecular formula is C20H23ClN2O4. The molecule has 1 aliphatic rings. The highest BCUT2D eigenvalue weighted by molar-refractivity contribution is 6.31. The summed E-state index contributed by atoms with van der Waals surface area (Å²) in [5.41, 5.74) is 2.08. The van der Waals surface area contributed by atoms with Gasteiger partial charge in [-0.2, -0.15) is 0 Å². The molecule has 144 valence electrons. The number of amides is 1. The van der Waals surface area contributed by atoms with E-state index in [1.807, 2.05) is 13.0 Å². The minimum atomic E-state index is -0.418. The molecule has 1 unspecified atom stereocenters. The third-order valence-electron chi connectivity index (χ3n) is 4.57. The monoisotopic (exact) mass is 390 g/mol. The molecule has 2 aromatic carbocycles. The summed E-state index contributed by atoms with van der Waals surface area (Å²) in [5.74, 6) is 1.52. The third kappa shape index (κ3) is 3.37. The number of hydrogen-bond donors (Lipinski definition) is 1. The molecule has 1 N–H and O–H groups in total. The van der Waals surface area contributed by atoms with E-state index in [-0.39, 0.29) is 5.91 Å². The van der Waals surface area contributed by atoms with Gasteiger partial charge in [0.1, 0.15) is 6.17 Å². The predicted octanol–water partition coefficient (Wildman–Crippen LogP) is 4.34. The van der Waals surface area contributed by atoms with Gasteiger partial charge in [0, 0.05) is 17.1 Å². The van der Waals surface area contributed by atoms with Gasteiger partial charge in [-0.25, -0.2) is 0 Å². The van der Waals surface area contributed by atoms with Crippen LogP contribution in [-0.4, -0.2) is 38.7 Å². The number of rotatable bonds is 6. The number of nitrogens with one attached hydrogen (secondary N) is 1. The molecule has 0 saturated heterocycles. The Balaban J connectivity index is 2.15. The second-order valence-corrected chi connectivity index (χ2v) is 6.60. The lowest BCUT2D eigenvalue weighted by Crippen LogP contribution is -2.43. The van der Waals surface area contributed by atoms with Crippen LogP contribution in [0.15, 0.2) is 30.3 Å². The van der Waals surface area contributed by atoms with Crippen molar-refractivity contribution in [3.63, 3.8) is 0 Å². The zero-order valence-electron chi connectivity index (χ0n) is 15.8. The second-order valence-electron chi connectivity index (χ2n) is 6.16. The van der Waals surface area contributed by atoms with E-state index in [1.54, 1.807) is 50.5 Å². The van der Waals surface area contributed by atoms with Gasteiger partial charge in [0.25, 0.3) is 5.91 Å². The minimum Gasteiger partial charge on any atom is -0.493 e. The molecule has 3 rings (SSSR count). The van der Waals surface area contributed by atoms with E-state index in [1.165, 1.54) is 0 Å². The van der Waals surface area contributed by atoms with Crippen LogP contribution >= 0.6 is 11.6 Å². The van der Waals surface area contributed by atoms with Gasteiger partial charge in [-0.05, 0) is 36.8 Å². The van der Waals surface area contributed by atoms with Crippen LogP contribution in [0.3, 0.4) is 0 Å². The summed E-state index contributed by atoms with van der Waals surface area (Å²) in [6.45, 7) is 2.63. The van der Waals surface area contributed by atoms with Gasteiger partial charge in [0.2, 0.25) is 5.75 Å². The van der Waals surface area contributed by atoms with E-state index in [9.17, 15) is 4.79 Å². The van der Waals surface area contributed by atoms with Gasteiger partial charge in [-0.1, -0.05) is 18.5 Å². The first-order valence-corrected chi connectivity index (χ1v) is 9.09. The van der Waals surface area contributed by atoms with Crippen molar-refractivity contribution in [3.8, 4) is 17.2 Å². The SMILES string of the molecule is CCCN1C(=O)c2ccc(Cl)cc2NC1c1ccc(OC)c(OC)c1OC. The maximum Gasteiger partial charge on any atom is 0.257 e. The van der Waals surface area contributed by atoms with Crippen molar-refractivity contribution in [3.05, 3.63) is 46.5 Å². The van der Waals surface area contributed by atoms with Crippen LogP contribution in [0, 0.1) is 0 Å². The van der Waals surface area contributed by atoms with Crippen LogP contribution < -0.4 is 19.5 Å². The highest BCUT2D eigenvalue weighted by atomic mass is 35.5. The highest BCUT2D eigenvalue weighted by Crippen LogP contribution is 2.45. The molecule has 7 heteroatoms. The topological polar surface area (TPSA) is 60.0 Å². The summed E-state index contributed by atoms with van der Waals surface area (Å²) in [6.07, 6.45) is 0.404. The Kier molecular flexibility index (Phi) is 5.65. The number of hydrogen-bond acceptors (Lipinski definition) is 5. The molecule has 1 amide bonds. The number of halogens is 1. The van der Waals surface area contributed by atoms with Gasteiger partial charge in [-0.15, -0.1) is 0 Å². The highest BCUT2D eigenvalue weighted by Gasteiger charge is 2.35. The van der Waals surface area contributed by atoms with Crippen LogP contribution in [0.4, 0.5) is 5.69 Å². The molecule has 0 fully saturated rings. The van der Waals surface area contributed by atoms with E-state index >= 15 is 0 Å². The first-order chi connectivity index (χ1) is 13.0. The van der Waals surface area contributed by atoms with Crippen LogP contribution in [0.2, 0.25) is 5.02 Å². The Hall–Kier alpha value is -2.60. The van der Waals surface area contributed by atoms with Crippen LogP contribution in [0.5, 0.6) is 17.2 Å². The number of ether oxygens (including phenoxy) is 3. The molecule has 6 nitrogen and oxygen atoms in total. The first kappa shape index (κ1) is 19.2. The summed E-state index contributed by atoms with van der Waals surface area (Å²) >= 11 is 6.14. The van der Waals surface area contributed by atoms with Gasteiger partial charge in [0.05, 0.1) is 32.6 Å². The summed E-state index contributed by atoms with van der Waals surface area (Å²) in [7, 11) is 4.70. The van der Waals surface area contributed by atoms with Crippen LogP contribution in [0.1, 0.15) is 35.4 Å². The van der Waals surface area contributed by atoms with Crippen molar-refractivity contribution in [1.29, 1.82) is 0 Å². The number of benzene rings is 2. The molecule has 1 aliphatic heterocycles. The lowest BCUT2D eigenvalue weighted by molar-refractivity contribution is 0.0681. The van der Waals surface area contributed by atoms with Crippen molar-refractivity contribution >= 4 is 23.2 Å². The molecular weight excluding hydrogens is 368 g/mol. The van der Waals surface area contributed by atoms with Crippen LogP contribution in [0.25, 0.3) is 0 Å². The number of methoxy groups -OCH3 is 3. The summed E-state index contributed by atoms with van der Waals surface area (Å²) in [4.78, 5) is 14.9. The van der Waals surface area contributed by atoms with Crippen molar-refractivity contribution < 1.29 is 19.0 Å². The number of anilines is 1. The first-order valence-electron chi connectivity index (χ1n) is 8.71. The molecule has 27 heavy (non-hydrogen) atoms. The van der Waals surface area contributed by atoms with E-state index in [2.05, 4.69) is 5.32 Å².